The van der Waals surface area contributed by atoms with E-state index in [0.717, 1.165) is 19.4 Å². The summed E-state index contributed by atoms with van der Waals surface area (Å²) in [5.74, 6) is 0.0936. The van der Waals surface area contributed by atoms with Crippen molar-refractivity contribution in [2.45, 2.75) is 44.6 Å². The monoisotopic (exact) mass is 253 g/mol. The van der Waals surface area contributed by atoms with Crippen LogP contribution < -0.4 is 10.6 Å². The van der Waals surface area contributed by atoms with Crippen LogP contribution in [0.1, 0.15) is 38.5 Å². The largest absolute Gasteiger partial charge is 0.354 e. The van der Waals surface area contributed by atoms with Crippen LogP contribution >= 0.6 is 0 Å². The molecular formula is C13H23N3O2. The van der Waals surface area contributed by atoms with E-state index in [1.54, 1.807) is 4.90 Å². The van der Waals surface area contributed by atoms with Crippen LogP contribution in [0.4, 0.5) is 0 Å². The Morgan fingerprint density at radius 2 is 2.17 bits per heavy atom. The molecule has 5 nitrogen and oxygen atoms in total. The Bertz CT molecular complexity index is 301. The zero-order chi connectivity index (χ0) is 12.8. The number of hydrogen-bond donors (Lipinski definition) is 2. The predicted octanol–water partition coefficient (Wildman–Crippen LogP) is 0.257. The summed E-state index contributed by atoms with van der Waals surface area (Å²) in [6.45, 7) is 2.70. The highest BCUT2D eigenvalue weighted by molar-refractivity contribution is 5.85. The maximum atomic E-state index is 12.1. The number of rotatable bonds is 3. The van der Waals surface area contributed by atoms with Gasteiger partial charge in [-0.3, -0.25) is 9.59 Å². The summed E-state index contributed by atoms with van der Waals surface area (Å²) in [5.41, 5.74) is 0. The van der Waals surface area contributed by atoms with Crippen molar-refractivity contribution in [2.75, 3.05) is 26.2 Å². The zero-order valence-corrected chi connectivity index (χ0v) is 10.9. The summed E-state index contributed by atoms with van der Waals surface area (Å²) in [5, 5.41) is 6.24. The number of piperidine rings is 1. The van der Waals surface area contributed by atoms with Crippen molar-refractivity contribution in [3.63, 3.8) is 0 Å². The molecule has 0 bridgehead atoms. The van der Waals surface area contributed by atoms with Gasteiger partial charge in [0.05, 0.1) is 6.54 Å². The van der Waals surface area contributed by atoms with Crippen molar-refractivity contribution in [1.82, 2.24) is 15.5 Å². The lowest BCUT2D eigenvalue weighted by molar-refractivity contribution is -0.135. The maximum Gasteiger partial charge on any atom is 0.239 e. The first-order valence-electron chi connectivity index (χ1n) is 7.03. The molecule has 2 N–H and O–H groups in total. The molecule has 0 aliphatic carbocycles. The number of hydrogen-bond acceptors (Lipinski definition) is 3. The van der Waals surface area contributed by atoms with Gasteiger partial charge in [0, 0.05) is 25.6 Å². The number of nitrogens with one attached hydrogen (secondary N) is 2. The Morgan fingerprint density at radius 1 is 1.28 bits per heavy atom. The molecule has 18 heavy (non-hydrogen) atoms. The Morgan fingerprint density at radius 3 is 2.94 bits per heavy atom. The molecule has 2 rings (SSSR count). The molecule has 0 saturated carbocycles. The van der Waals surface area contributed by atoms with E-state index in [2.05, 4.69) is 10.6 Å². The quantitative estimate of drug-likeness (QED) is 0.758. The summed E-state index contributed by atoms with van der Waals surface area (Å²) >= 11 is 0. The molecule has 0 spiro atoms. The van der Waals surface area contributed by atoms with Crippen LogP contribution in [0.15, 0.2) is 0 Å². The summed E-state index contributed by atoms with van der Waals surface area (Å²) in [6.07, 6.45) is 6.00. The van der Waals surface area contributed by atoms with Gasteiger partial charge in [0.1, 0.15) is 0 Å². The van der Waals surface area contributed by atoms with Crippen molar-refractivity contribution >= 4 is 11.8 Å². The van der Waals surface area contributed by atoms with Crippen molar-refractivity contribution in [3.8, 4) is 0 Å². The Hall–Kier alpha value is -1.10. The maximum absolute atomic E-state index is 12.1. The van der Waals surface area contributed by atoms with Gasteiger partial charge in [-0.2, -0.15) is 0 Å². The summed E-state index contributed by atoms with van der Waals surface area (Å²) in [7, 11) is 0. The van der Waals surface area contributed by atoms with Crippen molar-refractivity contribution in [2.24, 2.45) is 0 Å². The van der Waals surface area contributed by atoms with Crippen molar-refractivity contribution < 1.29 is 9.59 Å². The van der Waals surface area contributed by atoms with Crippen LogP contribution in [0.5, 0.6) is 0 Å². The molecule has 0 aromatic carbocycles. The third-order valence-corrected chi connectivity index (χ3v) is 3.73. The molecule has 5 heteroatoms. The molecule has 1 atom stereocenters. The van der Waals surface area contributed by atoms with Gasteiger partial charge in [0.2, 0.25) is 11.8 Å². The highest BCUT2D eigenvalue weighted by Crippen LogP contribution is 2.13. The second-order valence-electron chi connectivity index (χ2n) is 5.20. The number of carbonyl (C=O) groups excluding carboxylic acids is 2. The second kappa shape index (κ2) is 6.73. The lowest BCUT2D eigenvalue weighted by Gasteiger charge is -2.25. The molecule has 102 valence electrons. The highest BCUT2D eigenvalue weighted by atomic mass is 16.2. The van der Waals surface area contributed by atoms with Crippen LogP contribution in [-0.4, -0.2) is 48.9 Å². The first-order chi connectivity index (χ1) is 8.75. The standard InChI is InChI=1S/C13H23N3O2/c17-12-10-16(9-3-8-15-12)13(18)6-5-11-4-1-2-7-14-11/h11,14H,1-10H2,(H,15,17). The van der Waals surface area contributed by atoms with Crippen molar-refractivity contribution in [3.05, 3.63) is 0 Å². The predicted molar refractivity (Wildman–Crippen MR) is 69.1 cm³/mol. The van der Waals surface area contributed by atoms with Gasteiger partial charge in [-0.1, -0.05) is 6.42 Å². The van der Waals surface area contributed by atoms with E-state index >= 15 is 0 Å². The first-order valence-corrected chi connectivity index (χ1v) is 7.03. The molecule has 2 aliphatic rings. The van der Waals surface area contributed by atoms with Gasteiger partial charge < -0.3 is 15.5 Å². The molecule has 0 aromatic heterocycles. The third kappa shape index (κ3) is 3.98. The van der Waals surface area contributed by atoms with Crippen molar-refractivity contribution in [1.29, 1.82) is 0 Å². The number of nitrogens with zero attached hydrogens (tertiary/aromatic N) is 1. The SMILES string of the molecule is O=C1CN(C(=O)CCC2CCCCN2)CCCN1. The summed E-state index contributed by atoms with van der Waals surface area (Å²) in [6, 6.07) is 0.489. The van der Waals surface area contributed by atoms with Crippen LogP contribution in [-0.2, 0) is 9.59 Å². The summed E-state index contributed by atoms with van der Waals surface area (Å²) < 4.78 is 0. The van der Waals surface area contributed by atoms with Gasteiger partial charge in [-0.05, 0) is 32.2 Å². The van der Waals surface area contributed by atoms with E-state index in [1.165, 1.54) is 19.3 Å². The molecule has 0 aromatic rings. The van der Waals surface area contributed by atoms with Crippen LogP contribution in [0, 0.1) is 0 Å². The average Bonchev–Trinajstić information content (AvgIpc) is 2.62. The van der Waals surface area contributed by atoms with E-state index in [0.29, 0.717) is 25.6 Å². The lowest BCUT2D eigenvalue weighted by Crippen LogP contribution is -2.39. The van der Waals surface area contributed by atoms with Crippen LogP contribution in [0.3, 0.4) is 0 Å². The van der Waals surface area contributed by atoms with E-state index in [9.17, 15) is 9.59 Å². The molecule has 0 radical (unpaired) electrons. The van der Waals surface area contributed by atoms with Gasteiger partial charge in [0.15, 0.2) is 0 Å². The Labute approximate surface area is 108 Å². The molecule has 2 saturated heterocycles. The Kier molecular flexibility index (Phi) is 4.99. The van der Waals surface area contributed by atoms with Gasteiger partial charge >= 0.3 is 0 Å². The van der Waals surface area contributed by atoms with Crippen LogP contribution in [0.25, 0.3) is 0 Å². The second-order valence-corrected chi connectivity index (χ2v) is 5.20. The fourth-order valence-electron chi connectivity index (χ4n) is 2.65. The lowest BCUT2D eigenvalue weighted by atomic mass is 10.0. The molecular weight excluding hydrogens is 230 g/mol. The molecule has 2 fully saturated rings. The minimum atomic E-state index is -0.0309. The van der Waals surface area contributed by atoms with E-state index in [1.807, 2.05) is 0 Å². The minimum Gasteiger partial charge on any atom is -0.354 e. The number of carbonyl (C=O) groups is 2. The van der Waals surface area contributed by atoms with Gasteiger partial charge in [-0.15, -0.1) is 0 Å². The van der Waals surface area contributed by atoms with E-state index in [-0.39, 0.29) is 18.4 Å². The first kappa shape index (κ1) is 13.3. The minimum absolute atomic E-state index is 0.0309. The fraction of sp³-hybridized carbons (Fsp3) is 0.846. The van der Waals surface area contributed by atoms with E-state index < -0.39 is 0 Å². The number of amides is 2. The average molecular weight is 253 g/mol. The van der Waals surface area contributed by atoms with Gasteiger partial charge in [-0.25, -0.2) is 0 Å². The Balaban J connectivity index is 1.74. The fourth-order valence-corrected chi connectivity index (χ4v) is 2.65. The highest BCUT2D eigenvalue weighted by Gasteiger charge is 2.21. The topological polar surface area (TPSA) is 61.4 Å². The van der Waals surface area contributed by atoms with E-state index in [4.69, 9.17) is 0 Å². The smallest absolute Gasteiger partial charge is 0.239 e. The van der Waals surface area contributed by atoms with Gasteiger partial charge in [0.25, 0.3) is 0 Å². The van der Waals surface area contributed by atoms with Crippen LogP contribution in [0.2, 0.25) is 0 Å². The molecule has 2 heterocycles. The summed E-state index contributed by atoms with van der Waals surface area (Å²) in [4.78, 5) is 25.1. The third-order valence-electron chi connectivity index (χ3n) is 3.73. The normalized spacial score (nSPS) is 25.4. The molecule has 1 unspecified atom stereocenters. The zero-order valence-electron chi connectivity index (χ0n) is 10.9. The molecule has 2 amide bonds. The molecule has 2 aliphatic heterocycles.